The minimum absolute atomic E-state index is 0.132. The lowest BCUT2D eigenvalue weighted by Crippen LogP contribution is -2.31. The largest absolute Gasteiger partial charge is 0.497 e. The van der Waals surface area contributed by atoms with Crippen LogP contribution in [0.2, 0.25) is 0 Å². The number of likely N-dealkylation sites (tertiary alicyclic amines) is 1. The van der Waals surface area contributed by atoms with Gasteiger partial charge in [0.2, 0.25) is 5.91 Å². The lowest BCUT2D eigenvalue weighted by Gasteiger charge is -2.25. The molecule has 1 fully saturated rings. The van der Waals surface area contributed by atoms with Gasteiger partial charge in [-0.25, -0.2) is 4.98 Å². The second-order valence-electron chi connectivity index (χ2n) is 6.35. The van der Waals surface area contributed by atoms with Crippen LogP contribution in [0.1, 0.15) is 30.1 Å². The first-order valence-electron chi connectivity index (χ1n) is 8.65. The van der Waals surface area contributed by atoms with Gasteiger partial charge in [0, 0.05) is 22.9 Å². The number of hydrogen-bond acceptors (Lipinski definition) is 5. The molecule has 26 heavy (non-hydrogen) atoms. The van der Waals surface area contributed by atoms with Crippen molar-refractivity contribution in [3.05, 3.63) is 57.7 Å². The van der Waals surface area contributed by atoms with Crippen LogP contribution in [0.5, 0.6) is 5.75 Å². The van der Waals surface area contributed by atoms with Gasteiger partial charge in [-0.15, -0.1) is 11.3 Å². The Kier molecular flexibility index (Phi) is 5.04. The molecule has 1 aromatic carbocycles. The Hall–Kier alpha value is -2.18. The number of hydrogen-bond donors (Lipinski definition) is 0. The highest BCUT2D eigenvalue weighted by Gasteiger charge is 2.30. The lowest BCUT2D eigenvalue weighted by atomic mass is 10.0. The summed E-state index contributed by atoms with van der Waals surface area (Å²) < 4.78 is 5.33. The van der Waals surface area contributed by atoms with Gasteiger partial charge in [-0.2, -0.15) is 11.3 Å². The molecule has 0 aliphatic carbocycles. The third-order valence-corrected chi connectivity index (χ3v) is 6.33. The molecule has 1 atom stereocenters. The molecule has 1 amide bonds. The number of aromatic nitrogens is 1. The van der Waals surface area contributed by atoms with Crippen molar-refractivity contribution in [1.29, 1.82) is 0 Å². The zero-order valence-electron chi connectivity index (χ0n) is 14.6. The van der Waals surface area contributed by atoms with Gasteiger partial charge in [0.05, 0.1) is 25.3 Å². The maximum atomic E-state index is 12.9. The van der Waals surface area contributed by atoms with Gasteiger partial charge >= 0.3 is 0 Å². The molecule has 3 heterocycles. The van der Waals surface area contributed by atoms with Crippen molar-refractivity contribution in [3.8, 4) is 16.3 Å². The van der Waals surface area contributed by atoms with Crippen molar-refractivity contribution in [2.24, 2.45) is 0 Å². The Balaban J connectivity index is 1.48. The molecule has 4 nitrogen and oxygen atoms in total. The van der Waals surface area contributed by atoms with E-state index in [0.29, 0.717) is 6.42 Å². The predicted molar refractivity (Wildman–Crippen MR) is 106 cm³/mol. The van der Waals surface area contributed by atoms with Crippen molar-refractivity contribution >= 4 is 28.6 Å². The average Bonchev–Trinajstić information content (AvgIpc) is 3.41. The zero-order valence-corrected chi connectivity index (χ0v) is 16.2. The van der Waals surface area contributed by atoms with E-state index in [2.05, 4.69) is 22.5 Å². The molecule has 0 saturated carbocycles. The smallest absolute Gasteiger partial charge is 0.229 e. The number of methoxy groups -OCH3 is 1. The molecule has 0 spiro atoms. The highest BCUT2D eigenvalue weighted by Crippen LogP contribution is 2.34. The van der Waals surface area contributed by atoms with Crippen LogP contribution in [-0.4, -0.2) is 29.4 Å². The van der Waals surface area contributed by atoms with Crippen LogP contribution < -0.4 is 4.74 Å². The third kappa shape index (κ3) is 3.52. The molecule has 4 rings (SSSR count). The number of rotatable bonds is 5. The van der Waals surface area contributed by atoms with Crippen molar-refractivity contribution in [3.63, 3.8) is 0 Å². The molecule has 1 aliphatic rings. The second-order valence-corrected chi connectivity index (χ2v) is 7.99. The Labute approximate surface area is 161 Å². The second kappa shape index (κ2) is 7.60. The van der Waals surface area contributed by atoms with Crippen molar-refractivity contribution < 1.29 is 9.53 Å². The van der Waals surface area contributed by atoms with Crippen molar-refractivity contribution in [1.82, 2.24) is 9.88 Å². The average molecular weight is 385 g/mol. The Bertz CT molecular complexity index is 889. The quantitative estimate of drug-likeness (QED) is 0.635. The number of ether oxygens (including phenoxy) is 1. The van der Waals surface area contributed by atoms with E-state index in [0.717, 1.165) is 47.0 Å². The summed E-state index contributed by atoms with van der Waals surface area (Å²) in [5.74, 6) is 0.985. The number of carbonyl (C=O) groups excluding carboxylic acids is 1. The fraction of sp³-hybridized carbons (Fsp3) is 0.300. The summed E-state index contributed by atoms with van der Waals surface area (Å²) in [5, 5.41) is 7.12. The molecule has 1 saturated heterocycles. The fourth-order valence-electron chi connectivity index (χ4n) is 3.42. The first-order chi connectivity index (χ1) is 12.7. The summed E-state index contributed by atoms with van der Waals surface area (Å²) in [6, 6.07) is 10.2. The van der Waals surface area contributed by atoms with E-state index in [1.807, 2.05) is 33.9 Å². The summed E-state index contributed by atoms with van der Waals surface area (Å²) >= 11 is 3.26. The minimum Gasteiger partial charge on any atom is -0.497 e. The molecule has 0 bridgehead atoms. The summed E-state index contributed by atoms with van der Waals surface area (Å²) in [7, 11) is 1.67. The lowest BCUT2D eigenvalue weighted by molar-refractivity contribution is -0.131. The Morgan fingerprint density at radius 2 is 2.27 bits per heavy atom. The van der Waals surface area contributed by atoms with E-state index in [1.165, 1.54) is 0 Å². The van der Waals surface area contributed by atoms with Crippen LogP contribution in [0.25, 0.3) is 10.6 Å². The van der Waals surface area contributed by atoms with E-state index in [9.17, 15) is 4.79 Å². The minimum atomic E-state index is 0.132. The summed E-state index contributed by atoms with van der Waals surface area (Å²) in [6.07, 6.45) is 2.39. The zero-order chi connectivity index (χ0) is 17.9. The van der Waals surface area contributed by atoms with E-state index in [4.69, 9.17) is 4.74 Å². The van der Waals surface area contributed by atoms with Crippen LogP contribution in [0.4, 0.5) is 0 Å². The summed E-state index contributed by atoms with van der Waals surface area (Å²) in [5.41, 5.74) is 3.14. The van der Waals surface area contributed by atoms with E-state index >= 15 is 0 Å². The van der Waals surface area contributed by atoms with Gasteiger partial charge in [-0.3, -0.25) is 4.79 Å². The van der Waals surface area contributed by atoms with E-state index < -0.39 is 0 Å². The molecule has 6 heteroatoms. The van der Waals surface area contributed by atoms with E-state index in [1.54, 1.807) is 29.8 Å². The summed E-state index contributed by atoms with van der Waals surface area (Å²) in [4.78, 5) is 19.6. The highest BCUT2D eigenvalue weighted by atomic mass is 32.1. The van der Waals surface area contributed by atoms with Crippen LogP contribution in [-0.2, 0) is 11.2 Å². The molecular formula is C20H20N2O2S2. The first kappa shape index (κ1) is 17.2. The fourth-order valence-corrected chi connectivity index (χ4v) is 4.96. The molecule has 2 aromatic heterocycles. The molecule has 1 aliphatic heterocycles. The van der Waals surface area contributed by atoms with Gasteiger partial charge in [0.15, 0.2) is 0 Å². The SMILES string of the molecule is COc1cccc(C2CCCN2C(=O)Cc2csc(-c3ccsc3)n2)c1. The number of thiophene rings is 1. The first-order valence-corrected chi connectivity index (χ1v) is 10.5. The number of amides is 1. The molecule has 0 radical (unpaired) electrons. The predicted octanol–water partition coefficient (Wildman–Crippen LogP) is 4.79. The number of thiazole rings is 1. The Morgan fingerprint density at radius 1 is 1.35 bits per heavy atom. The third-order valence-electron chi connectivity index (χ3n) is 4.70. The van der Waals surface area contributed by atoms with Crippen LogP contribution in [0, 0.1) is 0 Å². The van der Waals surface area contributed by atoms with Crippen LogP contribution in [0.3, 0.4) is 0 Å². The van der Waals surface area contributed by atoms with Gasteiger partial charge in [-0.05, 0) is 42.0 Å². The number of nitrogens with zero attached hydrogens (tertiary/aromatic N) is 2. The highest BCUT2D eigenvalue weighted by molar-refractivity contribution is 7.14. The van der Waals surface area contributed by atoms with E-state index in [-0.39, 0.29) is 11.9 Å². The standard InChI is InChI=1S/C20H20N2O2S2/c1-24-17-5-2-4-14(10-17)18-6-3-8-22(18)19(23)11-16-13-26-20(21-16)15-7-9-25-12-15/h2,4-5,7,9-10,12-13,18H,3,6,8,11H2,1H3. The number of benzene rings is 1. The summed E-state index contributed by atoms with van der Waals surface area (Å²) in [6.45, 7) is 0.808. The normalized spacial score (nSPS) is 16.8. The molecular weight excluding hydrogens is 364 g/mol. The van der Waals surface area contributed by atoms with Crippen LogP contribution >= 0.6 is 22.7 Å². The van der Waals surface area contributed by atoms with Crippen LogP contribution in [0.15, 0.2) is 46.5 Å². The van der Waals surface area contributed by atoms with Crippen molar-refractivity contribution in [2.45, 2.75) is 25.3 Å². The Morgan fingerprint density at radius 3 is 3.08 bits per heavy atom. The molecule has 3 aromatic rings. The van der Waals surface area contributed by atoms with Gasteiger partial charge in [-0.1, -0.05) is 12.1 Å². The maximum absolute atomic E-state index is 12.9. The van der Waals surface area contributed by atoms with Gasteiger partial charge < -0.3 is 9.64 Å². The number of carbonyl (C=O) groups is 1. The molecule has 134 valence electrons. The topological polar surface area (TPSA) is 42.4 Å². The maximum Gasteiger partial charge on any atom is 0.229 e. The van der Waals surface area contributed by atoms with Gasteiger partial charge in [0.1, 0.15) is 10.8 Å². The van der Waals surface area contributed by atoms with Crippen molar-refractivity contribution in [2.75, 3.05) is 13.7 Å². The molecule has 0 N–H and O–H groups in total. The monoisotopic (exact) mass is 384 g/mol. The molecule has 1 unspecified atom stereocenters. The van der Waals surface area contributed by atoms with Gasteiger partial charge in [0.25, 0.3) is 0 Å².